The zero-order chi connectivity index (χ0) is 18.5. The lowest BCUT2D eigenvalue weighted by Crippen LogP contribution is -2.13. The first-order chi connectivity index (χ1) is 12.6. The molecule has 0 aliphatic heterocycles. The normalized spacial score (nSPS) is 11.0. The minimum atomic E-state index is -0.516. The van der Waals surface area contributed by atoms with Gasteiger partial charge in [-0.2, -0.15) is 5.26 Å². The number of nitrogens with zero attached hydrogens (tertiary/aromatic N) is 1. The summed E-state index contributed by atoms with van der Waals surface area (Å²) < 4.78 is 5.69. The summed E-state index contributed by atoms with van der Waals surface area (Å²) in [6.45, 7) is 0. The predicted octanol–water partition coefficient (Wildman–Crippen LogP) is 5.80. The van der Waals surface area contributed by atoms with Gasteiger partial charge in [0, 0.05) is 22.3 Å². The largest absolute Gasteiger partial charge is 0.457 e. The van der Waals surface area contributed by atoms with Crippen LogP contribution in [0.15, 0.2) is 70.7 Å². The molecule has 0 unspecified atom stereocenters. The van der Waals surface area contributed by atoms with E-state index >= 15 is 0 Å². The maximum atomic E-state index is 12.2. The van der Waals surface area contributed by atoms with Crippen LogP contribution in [0, 0.1) is 11.3 Å². The summed E-state index contributed by atoms with van der Waals surface area (Å²) in [7, 11) is 0. The number of halogens is 2. The van der Waals surface area contributed by atoms with Crippen molar-refractivity contribution in [3.63, 3.8) is 0 Å². The van der Waals surface area contributed by atoms with Gasteiger partial charge in [0.2, 0.25) is 0 Å². The second-order valence-corrected chi connectivity index (χ2v) is 6.16. The molecule has 0 aliphatic carbocycles. The Labute approximate surface area is 160 Å². The van der Waals surface area contributed by atoms with Crippen molar-refractivity contribution in [2.75, 3.05) is 5.32 Å². The van der Waals surface area contributed by atoms with Crippen LogP contribution in [-0.4, -0.2) is 5.91 Å². The van der Waals surface area contributed by atoms with Crippen LogP contribution in [0.5, 0.6) is 0 Å². The molecule has 1 heterocycles. The van der Waals surface area contributed by atoms with E-state index < -0.39 is 5.91 Å². The molecule has 0 aliphatic rings. The Hall–Kier alpha value is -3.00. The van der Waals surface area contributed by atoms with Gasteiger partial charge < -0.3 is 9.73 Å². The lowest BCUT2D eigenvalue weighted by atomic mass is 10.2. The van der Waals surface area contributed by atoms with Crippen molar-refractivity contribution in [1.29, 1.82) is 5.26 Å². The second-order valence-electron chi connectivity index (χ2n) is 5.32. The first-order valence-corrected chi connectivity index (χ1v) is 8.36. The molecular formula is C20H12Cl2N2O2. The number of carbonyl (C=O) groups excluding carboxylic acids is 1. The smallest absolute Gasteiger partial charge is 0.266 e. The standard InChI is InChI=1S/C20H12Cl2N2O2/c21-14-6-8-18(22)17(11-14)19-9-7-16(26-19)10-13(12-23)20(25)24-15-4-2-1-3-5-15/h1-11H,(H,24,25)/b13-10+. The third-order valence-corrected chi connectivity index (χ3v) is 4.07. The molecule has 0 fully saturated rings. The number of benzene rings is 2. The molecule has 1 aromatic heterocycles. The number of para-hydroxylation sites is 1. The average molecular weight is 383 g/mol. The van der Waals surface area contributed by atoms with E-state index in [0.717, 1.165) is 0 Å². The zero-order valence-corrected chi connectivity index (χ0v) is 14.9. The summed E-state index contributed by atoms with van der Waals surface area (Å²) in [6, 6.07) is 19.2. The Morgan fingerprint density at radius 2 is 1.85 bits per heavy atom. The number of carbonyl (C=O) groups is 1. The zero-order valence-electron chi connectivity index (χ0n) is 13.4. The summed E-state index contributed by atoms with van der Waals surface area (Å²) >= 11 is 12.2. The number of hydrogen-bond acceptors (Lipinski definition) is 3. The quantitative estimate of drug-likeness (QED) is 0.457. The Morgan fingerprint density at radius 3 is 2.58 bits per heavy atom. The molecule has 0 atom stereocenters. The fraction of sp³-hybridized carbons (Fsp3) is 0. The van der Waals surface area contributed by atoms with E-state index in [4.69, 9.17) is 27.6 Å². The number of rotatable bonds is 4. The summed E-state index contributed by atoms with van der Waals surface area (Å²) in [5.74, 6) is 0.331. The van der Waals surface area contributed by atoms with Crippen molar-refractivity contribution in [2.24, 2.45) is 0 Å². The van der Waals surface area contributed by atoms with Crippen LogP contribution in [0.2, 0.25) is 10.0 Å². The van der Waals surface area contributed by atoms with E-state index in [2.05, 4.69) is 5.32 Å². The van der Waals surface area contributed by atoms with Gasteiger partial charge in [0.1, 0.15) is 23.2 Å². The van der Waals surface area contributed by atoms with E-state index in [1.54, 1.807) is 54.6 Å². The molecule has 0 saturated heterocycles. The van der Waals surface area contributed by atoms with Crippen molar-refractivity contribution in [2.45, 2.75) is 0 Å². The minimum Gasteiger partial charge on any atom is -0.457 e. The van der Waals surface area contributed by atoms with Gasteiger partial charge in [-0.3, -0.25) is 4.79 Å². The molecule has 1 N–H and O–H groups in total. The highest BCUT2D eigenvalue weighted by atomic mass is 35.5. The van der Waals surface area contributed by atoms with Gasteiger partial charge in [0.05, 0.1) is 5.02 Å². The van der Waals surface area contributed by atoms with E-state index in [0.29, 0.717) is 32.8 Å². The first-order valence-electron chi connectivity index (χ1n) is 7.60. The maximum absolute atomic E-state index is 12.2. The fourth-order valence-corrected chi connectivity index (χ4v) is 2.66. The monoisotopic (exact) mass is 382 g/mol. The van der Waals surface area contributed by atoms with Crippen LogP contribution in [0.25, 0.3) is 17.4 Å². The van der Waals surface area contributed by atoms with Crippen LogP contribution >= 0.6 is 23.2 Å². The van der Waals surface area contributed by atoms with E-state index in [-0.39, 0.29) is 5.57 Å². The predicted molar refractivity (Wildman–Crippen MR) is 103 cm³/mol. The second kappa shape index (κ2) is 7.92. The van der Waals surface area contributed by atoms with Crippen molar-refractivity contribution >= 4 is 40.9 Å². The third kappa shape index (κ3) is 4.15. The van der Waals surface area contributed by atoms with Crippen LogP contribution in [0.3, 0.4) is 0 Å². The number of nitrogens with one attached hydrogen (secondary N) is 1. The Morgan fingerprint density at radius 1 is 1.08 bits per heavy atom. The van der Waals surface area contributed by atoms with E-state index in [1.165, 1.54) is 6.08 Å². The summed E-state index contributed by atoms with van der Waals surface area (Å²) in [5, 5.41) is 13.0. The molecule has 128 valence electrons. The topological polar surface area (TPSA) is 66.0 Å². The third-order valence-electron chi connectivity index (χ3n) is 3.50. The Bertz CT molecular complexity index is 1020. The number of anilines is 1. The Balaban J connectivity index is 1.84. The number of hydrogen-bond donors (Lipinski definition) is 1. The van der Waals surface area contributed by atoms with Crippen LogP contribution in [0.4, 0.5) is 5.69 Å². The van der Waals surface area contributed by atoms with E-state index in [9.17, 15) is 10.1 Å². The molecule has 0 saturated carbocycles. The van der Waals surface area contributed by atoms with Gasteiger partial charge in [0.25, 0.3) is 5.91 Å². The highest BCUT2D eigenvalue weighted by Gasteiger charge is 2.13. The molecule has 1 amide bonds. The number of amides is 1. The van der Waals surface area contributed by atoms with Crippen LogP contribution in [-0.2, 0) is 4.79 Å². The molecule has 0 bridgehead atoms. The minimum absolute atomic E-state index is 0.0769. The van der Waals surface area contributed by atoms with Gasteiger partial charge in [-0.05, 0) is 42.5 Å². The molecule has 26 heavy (non-hydrogen) atoms. The van der Waals surface area contributed by atoms with Crippen LogP contribution in [0.1, 0.15) is 5.76 Å². The molecule has 3 rings (SSSR count). The summed E-state index contributed by atoms with van der Waals surface area (Å²) in [4.78, 5) is 12.2. The molecule has 4 nitrogen and oxygen atoms in total. The molecule has 0 radical (unpaired) electrons. The van der Waals surface area contributed by atoms with Crippen molar-refractivity contribution < 1.29 is 9.21 Å². The fourth-order valence-electron chi connectivity index (χ4n) is 2.27. The Kier molecular flexibility index (Phi) is 5.43. The highest BCUT2D eigenvalue weighted by molar-refractivity contribution is 6.35. The molecule has 3 aromatic rings. The molecular weight excluding hydrogens is 371 g/mol. The summed E-state index contributed by atoms with van der Waals surface area (Å²) in [6.07, 6.45) is 1.38. The number of furan rings is 1. The van der Waals surface area contributed by atoms with Gasteiger partial charge in [0.15, 0.2) is 0 Å². The van der Waals surface area contributed by atoms with E-state index in [1.807, 2.05) is 12.1 Å². The molecule has 2 aromatic carbocycles. The van der Waals surface area contributed by atoms with Gasteiger partial charge in [-0.15, -0.1) is 0 Å². The molecule has 0 spiro atoms. The lowest BCUT2D eigenvalue weighted by molar-refractivity contribution is -0.112. The SMILES string of the molecule is N#C/C(=C\c1ccc(-c2cc(Cl)ccc2Cl)o1)C(=O)Nc1ccccc1. The van der Waals surface area contributed by atoms with Gasteiger partial charge >= 0.3 is 0 Å². The van der Waals surface area contributed by atoms with Gasteiger partial charge in [-0.1, -0.05) is 41.4 Å². The van der Waals surface area contributed by atoms with Crippen molar-refractivity contribution in [3.8, 4) is 17.4 Å². The lowest BCUT2D eigenvalue weighted by Gasteiger charge is -2.03. The molecule has 6 heteroatoms. The number of nitriles is 1. The van der Waals surface area contributed by atoms with Crippen molar-refractivity contribution in [1.82, 2.24) is 0 Å². The highest BCUT2D eigenvalue weighted by Crippen LogP contribution is 2.32. The van der Waals surface area contributed by atoms with Gasteiger partial charge in [-0.25, -0.2) is 0 Å². The average Bonchev–Trinajstić information content (AvgIpc) is 3.11. The van der Waals surface area contributed by atoms with Crippen molar-refractivity contribution in [3.05, 3.63) is 82.0 Å². The summed E-state index contributed by atoms with van der Waals surface area (Å²) in [5.41, 5.74) is 1.16. The first kappa shape index (κ1) is 17.8. The van der Waals surface area contributed by atoms with Crippen LogP contribution < -0.4 is 5.32 Å². The maximum Gasteiger partial charge on any atom is 0.266 e.